The molecule has 1 N–H and O–H groups in total. The number of allylic oxidation sites excluding steroid dienone is 18. The summed E-state index contributed by atoms with van der Waals surface area (Å²) in [5, 5.41) is 0. The molecule has 0 saturated carbocycles. The number of phosphoric ester groups is 1. The lowest BCUT2D eigenvalue weighted by molar-refractivity contribution is -0.870. The maximum absolute atomic E-state index is 12.9. The maximum atomic E-state index is 12.9. The number of carbonyl (C=O) groups is 2. The predicted molar refractivity (Wildman–Crippen MR) is 418 cm³/mol. The van der Waals surface area contributed by atoms with Gasteiger partial charge in [-0.2, -0.15) is 0 Å². The van der Waals surface area contributed by atoms with Crippen LogP contribution in [0.15, 0.2) is 109 Å². The fraction of sp³-hybridized carbons (Fsp3) is 0.767. The molecule has 0 aromatic rings. The molecule has 0 amide bonds. The van der Waals surface area contributed by atoms with E-state index in [-0.39, 0.29) is 32.0 Å². The molecule has 0 aliphatic rings. The van der Waals surface area contributed by atoms with Gasteiger partial charge in [-0.1, -0.05) is 367 Å². The monoisotopic (exact) mass is 1360 g/mol. The van der Waals surface area contributed by atoms with Gasteiger partial charge in [0.2, 0.25) is 0 Å². The summed E-state index contributed by atoms with van der Waals surface area (Å²) in [6.45, 7) is 4.35. The van der Waals surface area contributed by atoms with E-state index >= 15 is 0 Å². The van der Waals surface area contributed by atoms with Crippen molar-refractivity contribution in [2.75, 3.05) is 47.5 Å². The molecule has 0 spiro atoms. The van der Waals surface area contributed by atoms with Crippen molar-refractivity contribution in [2.45, 2.75) is 380 Å². The molecule has 96 heavy (non-hydrogen) atoms. The number of carbonyl (C=O) groups excluding carboxylic acids is 2. The molecule has 9 nitrogen and oxygen atoms in total. The van der Waals surface area contributed by atoms with Crippen LogP contribution in [0.5, 0.6) is 0 Å². The van der Waals surface area contributed by atoms with Crippen molar-refractivity contribution < 1.29 is 42.1 Å². The van der Waals surface area contributed by atoms with E-state index < -0.39 is 26.5 Å². The Morgan fingerprint density at radius 2 is 0.594 bits per heavy atom. The number of hydrogen-bond acceptors (Lipinski definition) is 7. The number of esters is 2. The van der Waals surface area contributed by atoms with E-state index in [1.807, 2.05) is 21.1 Å². The molecule has 0 aromatic heterocycles. The van der Waals surface area contributed by atoms with Crippen LogP contribution in [-0.4, -0.2) is 74.9 Å². The first kappa shape index (κ1) is 92.7. The van der Waals surface area contributed by atoms with Gasteiger partial charge in [0.1, 0.15) is 19.8 Å². The molecular weight excluding hydrogens is 1210 g/mol. The zero-order valence-corrected chi connectivity index (χ0v) is 64.5. The van der Waals surface area contributed by atoms with Gasteiger partial charge in [-0.05, 0) is 103 Å². The number of likely N-dealkylation sites (N-methyl/N-ethyl adjacent to an activating group) is 1. The van der Waals surface area contributed by atoms with Crippen LogP contribution in [-0.2, 0) is 32.7 Å². The number of ether oxygens (including phenoxy) is 2. The Morgan fingerprint density at radius 3 is 0.885 bits per heavy atom. The van der Waals surface area contributed by atoms with Gasteiger partial charge < -0.3 is 18.9 Å². The molecule has 0 saturated heterocycles. The first-order valence-corrected chi connectivity index (χ1v) is 42.1. The molecule has 0 aliphatic carbocycles. The minimum Gasteiger partial charge on any atom is -0.462 e. The van der Waals surface area contributed by atoms with Gasteiger partial charge in [0.05, 0.1) is 27.7 Å². The zero-order valence-electron chi connectivity index (χ0n) is 63.6. The van der Waals surface area contributed by atoms with Crippen molar-refractivity contribution in [3.63, 3.8) is 0 Å². The molecule has 0 aromatic carbocycles. The second kappa shape index (κ2) is 75.9. The van der Waals surface area contributed by atoms with Crippen LogP contribution < -0.4 is 0 Å². The van der Waals surface area contributed by atoms with E-state index in [9.17, 15) is 19.0 Å². The maximum Gasteiger partial charge on any atom is 0.472 e. The minimum absolute atomic E-state index is 0.0305. The molecular formula is C86H155NO8P+. The summed E-state index contributed by atoms with van der Waals surface area (Å²) in [5.74, 6) is -0.783. The van der Waals surface area contributed by atoms with Gasteiger partial charge in [0.15, 0.2) is 6.10 Å². The third-order valence-electron chi connectivity index (χ3n) is 17.8. The van der Waals surface area contributed by atoms with Gasteiger partial charge in [-0.3, -0.25) is 18.6 Å². The number of rotatable bonds is 75. The van der Waals surface area contributed by atoms with E-state index in [1.54, 1.807) is 0 Å². The number of quaternary nitrogens is 1. The van der Waals surface area contributed by atoms with Gasteiger partial charge >= 0.3 is 19.8 Å². The van der Waals surface area contributed by atoms with Crippen molar-refractivity contribution in [3.05, 3.63) is 109 Å². The first-order valence-electron chi connectivity index (χ1n) is 40.6. The Hall–Kier alpha value is -3.33. The van der Waals surface area contributed by atoms with E-state index in [0.717, 1.165) is 83.5 Å². The molecule has 2 atom stereocenters. The number of unbranched alkanes of at least 4 members (excludes halogenated alkanes) is 43. The summed E-state index contributed by atoms with van der Waals surface area (Å²) in [6, 6.07) is 0. The van der Waals surface area contributed by atoms with Crippen LogP contribution in [0.2, 0.25) is 0 Å². The summed E-state index contributed by atoms with van der Waals surface area (Å²) in [7, 11) is 1.49. The van der Waals surface area contributed by atoms with Crippen LogP contribution in [0.1, 0.15) is 373 Å². The molecule has 0 aliphatic heterocycles. The van der Waals surface area contributed by atoms with E-state index in [4.69, 9.17) is 18.5 Å². The summed E-state index contributed by atoms with van der Waals surface area (Å²) < 4.78 is 34.8. The third-order valence-corrected chi connectivity index (χ3v) is 18.8. The topological polar surface area (TPSA) is 108 Å². The van der Waals surface area contributed by atoms with Crippen molar-refractivity contribution in [3.8, 4) is 0 Å². The van der Waals surface area contributed by atoms with Crippen LogP contribution in [0, 0.1) is 0 Å². The lowest BCUT2D eigenvalue weighted by Crippen LogP contribution is -2.37. The third kappa shape index (κ3) is 79.7. The van der Waals surface area contributed by atoms with Gasteiger partial charge in [0, 0.05) is 12.8 Å². The Morgan fingerprint density at radius 1 is 0.333 bits per heavy atom. The largest absolute Gasteiger partial charge is 0.472 e. The molecule has 0 heterocycles. The fourth-order valence-electron chi connectivity index (χ4n) is 11.6. The molecule has 0 bridgehead atoms. The predicted octanol–water partition coefficient (Wildman–Crippen LogP) is 27.2. The molecule has 0 fully saturated rings. The average Bonchev–Trinajstić information content (AvgIpc) is 2.74. The smallest absolute Gasteiger partial charge is 0.462 e. The van der Waals surface area contributed by atoms with Crippen molar-refractivity contribution >= 4 is 19.8 Å². The Balaban J connectivity index is 3.94. The standard InChI is InChI=1S/C86H154NO8P/c1-6-8-10-12-14-16-18-20-22-24-26-28-30-32-34-36-38-40-42-43-45-46-48-50-52-54-56-58-60-62-64-66-68-70-72-74-76-78-85(88)92-82-84(83-94-96(90,91)93-81-80-87(3,4)5)95-86(89)79-77-75-73-71-69-67-65-63-61-59-57-55-53-51-49-47-44-41-39-37-35-33-31-29-27-25-23-21-19-17-15-13-11-9-7-2/h9,11,15,17-18,20-21,23-24,26-27,29-30,32-33,35,39,41,84H,6-8,10,12-14,16,19,22,25,28,31,34,36-38,40,42-83H2,1-5H3/p+1/b11-9-,17-15-,20-18-,23-21-,26-24-,29-27-,32-30-,35-33-,41-39-. The molecule has 2 unspecified atom stereocenters. The van der Waals surface area contributed by atoms with Gasteiger partial charge in [-0.15, -0.1) is 0 Å². The first-order chi connectivity index (χ1) is 47.0. The average molecular weight is 1360 g/mol. The summed E-state index contributed by atoms with van der Waals surface area (Å²) >= 11 is 0. The van der Waals surface area contributed by atoms with Gasteiger partial charge in [-0.25, -0.2) is 4.57 Å². The number of hydrogen-bond donors (Lipinski definition) is 1. The number of phosphoric acid groups is 1. The highest BCUT2D eigenvalue weighted by molar-refractivity contribution is 7.47. The fourth-order valence-corrected chi connectivity index (χ4v) is 12.4. The SMILES string of the molecule is CC/C=C\C/C=C\C/C=C\C/C=C\C/C=C\C/C=C\CCCCCCCCCCCCCCCCCCC(=O)OC(COC(=O)CCCCCCCCCCCCCCCCCCCCCCCC/C=C\C/C=C\C/C=C\CCCCCCC)COP(=O)(O)OCC[N+](C)(C)C. The number of nitrogens with zero attached hydrogens (tertiary/aromatic N) is 1. The zero-order chi connectivity index (χ0) is 69.7. The van der Waals surface area contributed by atoms with Crippen molar-refractivity contribution in [1.29, 1.82) is 0 Å². The lowest BCUT2D eigenvalue weighted by Gasteiger charge is -2.24. The quantitative estimate of drug-likeness (QED) is 0.0211. The van der Waals surface area contributed by atoms with Crippen LogP contribution in [0.3, 0.4) is 0 Å². The van der Waals surface area contributed by atoms with Crippen LogP contribution in [0.25, 0.3) is 0 Å². The normalized spacial score (nSPS) is 13.6. The minimum atomic E-state index is -4.40. The highest BCUT2D eigenvalue weighted by Crippen LogP contribution is 2.43. The van der Waals surface area contributed by atoms with Crippen molar-refractivity contribution in [2.24, 2.45) is 0 Å². The Kier molecular flexibility index (Phi) is 73.2. The molecule has 10 heteroatoms. The summed E-state index contributed by atoms with van der Waals surface area (Å²) in [5.41, 5.74) is 0. The molecule has 556 valence electrons. The Labute approximate surface area is 595 Å². The Bertz CT molecular complexity index is 1990. The van der Waals surface area contributed by atoms with E-state index in [1.165, 1.54) is 257 Å². The van der Waals surface area contributed by atoms with E-state index in [0.29, 0.717) is 17.4 Å². The summed E-state index contributed by atoms with van der Waals surface area (Å²) in [4.78, 5) is 36.0. The van der Waals surface area contributed by atoms with E-state index in [2.05, 4.69) is 123 Å². The highest BCUT2D eigenvalue weighted by Gasteiger charge is 2.27. The second-order valence-corrected chi connectivity index (χ2v) is 29.9. The molecule has 0 rings (SSSR count). The van der Waals surface area contributed by atoms with Crippen molar-refractivity contribution in [1.82, 2.24) is 0 Å². The van der Waals surface area contributed by atoms with Gasteiger partial charge in [0.25, 0.3) is 0 Å². The summed E-state index contributed by atoms with van der Waals surface area (Å²) in [6.07, 6.45) is 108. The van der Waals surface area contributed by atoms with Crippen LogP contribution >= 0.6 is 7.82 Å². The highest BCUT2D eigenvalue weighted by atomic mass is 31.2. The second-order valence-electron chi connectivity index (χ2n) is 28.4. The lowest BCUT2D eigenvalue weighted by atomic mass is 10.0. The molecule has 0 radical (unpaired) electrons. The van der Waals surface area contributed by atoms with Crippen LogP contribution in [0.4, 0.5) is 0 Å².